The second kappa shape index (κ2) is 8.63. The van der Waals surface area contributed by atoms with E-state index in [0.717, 1.165) is 18.9 Å². The lowest BCUT2D eigenvalue weighted by Crippen LogP contribution is -2.40. The number of nitrogens with one attached hydrogen (secondary N) is 3. The fourth-order valence-corrected chi connectivity index (χ4v) is 3.88. The summed E-state index contributed by atoms with van der Waals surface area (Å²) in [5, 5.41) is 6.05. The van der Waals surface area contributed by atoms with Crippen molar-refractivity contribution in [3.8, 4) is 11.3 Å². The Morgan fingerprint density at radius 1 is 1.10 bits per heavy atom. The van der Waals surface area contributed by atoms with Gasteiger partial charge in [0, 0.05) is 42.8 Å². The first-order valence-corrected chi connectivity index (χ1v) is 10.2. The van der Waals surface area contributed by atoms with Gasteiger partial charge >= 0.3 is 6.03 Å². The Morgan fingerprint density at radius 3 is 2.52 bits per heavy atom. The number of fused-ring (bicyclic) bond motifs is 1. The molecule has 4 rings (SSSR count). The maximum absolute atomic E-state index is 14.3. The molecule has 0 radical (unpaired) electrons. The van der Waals surface area contributed by atoms with Crippen LogP contribution in [0.3, 0.4) is 0 Å². The number of halogens is 3. The Balaban J connectivity index is 1.50. The van der Waals surface area contributed by atoms with Gasteiger partial charge in [0.2, 0.25) is 0 Å². The van der Waals surface area contributed by atoms with Gasteiger partial charge in [0.15, 0.2) is 0 Å². The highest BCUT2D eigenvalue weighted by atomic mass is 19.1. The fourth-order valence-electron chi connectivity index (χ4n) is 3.88. The van der Waals surface area contributed by atoms with E-state index in [1.54, 1.807) is 19.2 Å². The van der Waals surface area contributed by atoms with Crippen molar-refractivity contribution < 1.29 is 22.7 Å². The van der Waals surface area contributed by atoms with Crippen LogP contribution in [-0.4, -0.2) is 37.8 Å². The van der Waals surface area contributed by atoms with Crippen LogP contribution in [0, 0.1) is 22.9 Å². The highest BCUT2D eigenvalue weighted by Crippen LogP contribution is 2.45. The number of benzene rings is 2. The van der Waals surface area contributed by atoms with Crippen molar-refractivity contribution in [1.29, 1.82) is 0 Å². The predicted molar refractivity (Wildman–Crippen MR) is 112 cm³/mol. The van der Waals surface area contributed by atoms with Gasteiger partial charge in [-0.05, 0) is 60.7 Å². The third kappa shape index (κ3) is 4.69. The highest BCUT2D eigenvalue weighted by Gasteiger charge is 2.42. The molecule has 8 heteroatoms. The van der Waals surface area contributed by atoms with Gasteiger partial charge in [-0.1, -0.05) is 0 Å². The van der Waals surface area contributed by atoms with Crippen molar-refractivity contribution in [2.24, 2.45) is 5.41 Å². The number of H-pyrrole nitrogens is 1. The molecule has 1 saturated carbocycles. The van der Waals surface area contributed by atoms with Crippen LogP contribution in [0.25, 0.3) is 22.2 Å². The molecule has 164 valence electrons. The number of amides is 2. The van der Waals surface area contributed by atoms with Crippen LogP contribution in [-0.2, 0) is 11.2 Å². The average Bonchev–Trinajstić information content (AvgIpc) is 3.41. The van der Waals surface area contributed by atoms with E-state index in [2.05, 4.69) is 15.6 Å². The molecule has 2 amide bonds. The summed E-state index contributed by atoms with van der Waals surface area (Å²) in [6, 6.07) is 7.53. The normalized spacial score (nSPS) is 14.6. The monoisotopic (exact) mass is 431 g/mol. The van der Waals surface area contributed by atoms with Gasteiger partial charge in [-0.2, -0.15) is 0 Å². The fraction of sp³-hybridized carbons (Fsp3) is 0.348. The largest absolute Gasteiger partial charge is 0.384 e. The molecule has 1 aliphatic carbocycles. The lowest BCUT2D eigenvalue weighted by molar-refractivity contribution is 0.140. The van der Waals surface area contributed by atoms with Gasteiger partial charge in [-0.25, -0.2) is 18.0 Å². The van der Waals surface area contributed by atoms with Crippen LogP contribution in [0.15, 0.2) is 36.4 Å². The van der Waals surface area contributed by atoms with Gasteiger partial charge in [0.1, 0.15) is 17.5 Å². The summed E-state index contributed by atoms with van der Waals surface area (Å²) >= 11 is 0. The van der Waals surface area contributed by atoms with E-state index in [4.69, 9.17) is 4.74 Å². The molecule has 1 aliphatic rings. The van der Waals surface area contributed by atoms with Crippen LogP contribution >= 0.6 is 0 Å². The number of hydrogen-bond donors (Lipinski definition) is 3. The number of carbonyl (C=O) groups is 1. The van der Waals surface area contributed by atoms with Crippen LogP contribution < -0.4 is 10.6 Å². The molecular formula is C23H24F3N3O2. The Bertz CT molecular complexity index is 1090. The molecule has 0 atom stereocenters. The van der Waals surface area contributed by atoms with Gasteiger partial charge in [0.05, 0.1) is 12.1 Å². The summed E-state index contributed by atoms with van der Waals surface area (Å²) in [7, 11) is 1.64. The molecule has 2 aromatic carbocycles. The third-order valence-electron chi connectivity index (χ3n) is 5.76. The Morgan fingerprint density at radius 2 is 1.84 bits per heavy atom. The van der Waals surface area contributed by atoms with Crippen LogP contribution in [0.2, 0.25) is 0 Å². The maximum Gasteiger partial charge on any atom is 0.314 e. The number of hydrogen-bond acceptors (Lipinski definition) is 2. The standard InChI is InChI=1S/C23H24F3N3O2/c1-31-13-23(7-8-23)12-28-22(30)27-9-6-17-18-10-16(25)11-19(26)21(18)29-20(17)14-2-4-15(24)5-3-14/h2-5,10-11,29H,6-9,12-13H2,1H3,(H2,27,28,30). The zero-order chi connectivity index (χ0) is 22.0. The number of aromatic amines is 1. The van der Waals surface area contributed by atoms with Crippen molar-refractivity contribution in [3.63, 3.8) is 0 Å². The van der Waals surface area contributed by atoms with Crippen LogP contribution in [0.4, 0.5) is 18.0 Å². The highest BCUT2D eigenvalue weighted by molar-refractivity contribution is 5.91. The number of ether oxygens (including phenoxy) is 1. The lowest BCUT2D eigenvalue weighted by Gasteiger charge is -2.15. The molecule has 3 N–H and O–H groups in total. The van der Waals surface area contributed by atoms with Crippen LogP contribution in [0.5, 0.6) is 0 Å². The molecule has 3 aromatic rings. The molecule has 0 saturated heterocycles. The number of aromatic nitrogens is 1. The molecule has 1 heterocycles. The quantitative estimate of drug-likeness (QED) is 0.491. The van der Waals surface area contributed by atoms with Crippen molar-refractivity contribution in [1.82, 2.24) is 15.6 Å². The SMILES string of the molecule is COCC1(CNC(=O)NCCc2c(-c3ccc(F)cc3)[nH]c3c(F)cc(F)cc23)CC1. The summed E-state index contributed by atoms with van der Waals surface area (Å²) in [5.74, 6) is -1.78. The van der Waals surface area contributed by atoms with Gasteiger partial charge < -0.3 is 20.4 Å². The van der Waals surface area contributed by atoms with E-state index in [1.807, 2.05) is 0 Å². The summed E-state index contributed by atoms with van der Waals surface area (Å²) < 4.78 is 46.7. The van der Waals surface area contributed by atoms with E-state index in [0.29, 0.717) is 41.8 Å². The predicted octanol–water partition coefficient (Wildman–Crippen LogP) is 4.52. The molecule has 5 nitrogen and oxygen atoms in total. The summed E-state index contributed by atoms with van der Waals surface area (Å²) in [5.41, 5.74) is 2.08. The minimum absolute atomic E-state index is 0.0355. The second-order valence-corrected chi connectivity index (χ2v) is 8.09. The lowest BCUT2D eigenvalue weighted by atomic mass is 10.0. The zero-order valence-corrected chi connectivity index (χ0v) is 17.2. The summed E-state index contributed by atoms with van der Waals surface area (Å²) in [6.07, 6.45) is 2.38. The first kappa shape index (κ1) is 21.2. The Labute approximate surface area is 178 Å². The van der Waals surface area contributed by atoms with Gasteiger partial charge in [0.25, 0.3) is 0 Å². The molecule has 1 aromatic heterocycles. The van der Waals surface area contributed by atoms with Crippen LogP contribution in [0.1, 0.15) is 18.4 Å². The number of methoxy groups -OCH3 is 1. The number of carbonyl (C=O) groups excluding carboxylic acids is 1. The molecule has 0 bridgehead atoms. The number of rotatable bonds is 8. The van der Waals surface area contributed by atoms with E-state index in [9.17, 15) is 18.0 Å². The molecule has 0 unspecified atom stereocenters. The topological polar surface area (TPSA) is 66.2 Å². The Hall–Kier alpha value is -3.00. The van der Waals surface area contributed by atoms with Crippen molar-refractivity contribution in [2.45, 2.75) is 19.3 Å². The number of urea groups is 1. The smallest absolute Gasteiger partial charge is 0.314 e. The first-order chi connectivity index (χ1) is 14.9. The first-order valence-electron chi connectivity index (χ1n) is 10.2. The second-order valence-electron chi connectivity index (χ2n) is 8.09. The molecule has 31 heavy (non-hydrogen) atoms. The van der Waals surface area contributed by atoms with Gasteiger partial charge in [-0.15, -0.1) is 0 Å². The molecular weight excluding hydrogens is 407 g/mol. The molecule has 0 aliphatic heterocycles. The van der Waals surface area contributed by atoms with Gasteiger partial charge in [-0.3, -0.25) is 0 Å². The summed E-state index contributed by atoms with van der Waals surface area (Å²) in [6.45, 7) is 1.42. The molecule has 1 fully saturated rings. The maximum atomic E-state index is 14.3. The minimum Gasteiger partial charge on any atom is -0.384 e. The summed E-state index contributed by atoms with van der Waals surface area (Å²) in [4.78, 5) is 15.2. The molecule has 0 spiro atoms. The third-order valence-corrected chi connectivity index (χ3v) is 5.76. The minimum atomic E-state index is -0.705. The van der Waals surface area contributed by atoms with E-state index >= 15 is 0 Å². The van der Waals surface area contributed by atoms with E-state index in [-0.39, 0.29) is 29.3 Å². The van der Waals surface area contributed by atoms with E-state index < -0.39 is 11.6 Å². The van der Waals surface area contributed by atoms with E-state index in [1.165, 1.54) is 18.2 Å². The zero-order valence-electron chi connectivity index (χ0n) is 17.2. The Kier molecular flexibility index (Phi) is 5.91. The van der Waals surface area contributed by atoms with Crippen molar-refractivity contribution in [3.05, 3.63) is 59.4 Å². The van der Waals surface area contributed by atoms with Crippen molar-refractivity contribution >= 4 is 16.9 Å². The average molecular weight is 431 g/mol. The van der Waals surface area contributed by atoms with Crippen molar-refractivity contribution in [2.75, 3.05) is 26.8 Å².